The van der Waals surface area contributed by atoms with Crippen molar-refractivity contribution in [3.05, 3.63) is 33.3 Å². The van der Waals surface area contributed by atoms with Crippen molar-refractivity contribution in [1.82, 2.24) is 5.32 Å². The molecule has 0 atom stereocenters. The Kier molecular flexibility index (Phi) is 5.38. The van der Waals surface area contributed by atoms with E-state index in [-0.39, 0.29) is 28.8 Å². The van der Waals surface area contributed by atoms with Gasteiger partial charge in [0, 0.05) is 30.3 Å². The molecule has 0 bridgehead atoms. The van der Waals surface area contributed by atoms with Crippen molar-refractivity contribution in [1.29, 1.82) is 0 Å². The van der Waals surface area contributed by atoms with Gasteiger partial charge in [-0.15, -0.1) is 0 Å². The monoisotopic (exact) mass is 419 g/mol. The maximum Gasteiger partial charge on any atom is 0.222 e. The zero-order valence-corrected chi connectivity index (χ0v) is 17.2. The summed E-state index contributed by atoms with van der Waals surface area (Å²) in [6, 6.07) is 3.95. The third kappa shape index (κ3) is 3.51. The molecule has 0 unspecified atom stereocenters. The molecule has 5 heteroatoms. The van der Waals surface area contributed by atoms with Gasteiger partial charge in [0.2, 0.25) is 5.91 Å². The number of nitrogens with one attached hydrogen (secondary N) is 1. The summed E-state index contributed by atoms with van der Waals surface area (Å²) in [5.41, 5.74) is 2.63. The normalized spacial score (nSPS) is 29.1. The fourth-order valence-corrected chi connectivity index (χ4v) is 5.62. The molecule has 26 heavy (non-hydrogen) atoms. The molecule has 3 rings (SSSR count). The number of halogens is 1. The van der Waals surface area contributed by atoms with Gasteiger partial charge in [-0.2, -0.15) is 0 Å². The lowest BCUT2D eigenvalue weighted by molar-refractivity contribution is -0.138. The number of rotatable bonds is 2. The van der Waals surface area contributed by atoms with Crippen molar-refractivity contribution in [2.45, 2.75) is 58.3 Å². The maximum absolute atomic E-state index is 13.0. The topological polar surface area (TPSA) is 63.2 Å². The Labute approximate surface area is 163 Å². The Morgan fingerprint density at radius 2 is 1.58 bits per heavy atom. The van der Waals surface area contributed by atoms with Gasteiger partial charge in [0.05, 0.1) is 0 Å². The van der Waals surface area contributed by atoms with Crippen LogP contribution in [-0.2, 0) is 14.4 Å². The molecule has 1 aromatic rings. The summed E-state index contributed by atoms with van der Waals surface area (Å²) in [5.74, 6) is -0.427. The second-order valence-electron chi connectivity index (χ2n) is 8.06. The SMILES string of the molecule is CNC(=O)C1CCC2(CC1)CC(=O)C(c1c(C)cc(Br)cc1C)C(=O)C2. The molecule has 2 fully saturated rings. The molecule has 2 aliphatic rings. The highest BCUT2D eigenvalue weighted by atomic mass is 79.9. The lowest BCUT2D eigenvalue weighted by Crippen LogP contribution is -2.43. The number of ketones is 2. The van der Waals surface area contributed by atoms with Crippen molar-refractivity contribution in [2.24, 2.45) is 11.3 Å². The maximum atomic E-state index is 13.0. The molecule has 4 nitrogen and oxygen atoms in total. The highest BCUT2D eigenvalue weighted by Gasteiger charge is 2.48. The first kappa shape index (κ1) is 19.3. The van der Waals surface area contributed by atoms with Crippen molar-refractivity contribution in [3.63, 3.8) is 0 Å². The standard InChI is InChI=1S/C21H26BrNO3/c1-12-8-15(22)9-13(2)18(12)19-16(24)10-21(11-17(19)25)6-4-14(5-7-21)20(26)23-3/h8-9,14,19H,4-7,10-11H2,1-3H3,(H,23,26). The number of Topliss-reactive ketones (excluding diaryl/α,β-unsaturated/α-hetero) is 2. The van der Waals surface area contributed by atoms with E-state index in [0.717, 1.165) is 46.8 Å². The molecule has 0 radical (unpaired) electrons. The molecular weight excluding hydrogens is 394 g/mol. The molecule has 2 saturated carbocycles. The van der Waals surface area contributed by atoms with E-state index in [1.807, 2.05) is 26.0 Å². The smallest absolute Gasteiger partial charge is 0.222 e. The Morgan fingerprint density at radius 3 is 2.04 bits per heavy atom. The molecule has 140 valence electrons. The fraction of sp³-hybridized carbons (Fsp3) is 0.571. The zero-order valence-electron chi connectivity index (χ0n) is 15.7. The fourth-order valence-electron chi connectivity index (χ4n) is 4.93. The third-order valence-electron chi connectivity index (χ3n) is 6.25. The van der Waals surface area contributed by atoms with Gasteiger partial charge in [-0.25, -0.2) is 0 Å². The van der Waals surface area contributed by atoms with Crippen LogP contribution in [0.2, 0.25) is 0 Å². The number of amides is 1. The number of hydrogen-bond donors (Lipinski definition) is 1. The van der Waals surface area contributed by atoms with E-state index in [1.54, 1.807) is 7.05 Å². The molecular formula is C21H26BrNO3. The quantitative estimate of drug-likeness (QED) is 0.736. The van der Waals surface area contributed by atoms with Crippen LogP contribution in [0.1, 0.15) is 61.1 Å². The van der Waals surface area contributed by atoms with Gasteiger partial charge in [-0.05, 0) is 73.8 Å². The van der Waals surface area contributed by atoms with Crippen LogP contribution in [0, 0.1) is 25.2 Å². The molecule has 0 aromatic heterocycles. The Hall–Kier alpha value is -1.49. The van der Waals surface area contributed by atoms with Crippen molar-refractivity contribution in [3.8, 4) is 0 Å². The zero-order chi connectivity index (χ0) is 19.1. The van der Waals surface area contributed by atoms with Gasteiger partial charge in [-0.1, -0.05) is 15.9 Å². The lowest BCUT2D eigenvalue weighted by Gasteiger charge is -2.43. The van der Waals surface area contributed by atoms with Gasteiger partial charge < -0.3 is 5.32 Å². The Balaban J connectivity index is 1.80. The van der Waals surface area contributed by atoms with Gasteiger partial charge in [-0.3, -0.25) is 14.4 Å². The Bertz CT molecular complexity index is 720. The summed E-state index contributed by atoms with van der Waals surface area (Å²) in [6.45, 7) is 3.93. The molecule has 0 heterocycles. The average molecular weight is 420 g/mol. The number of carbonyl (C=O) groups is 3. The van der Waals surface area contributed by atoms with E-state index in [9.17, 15) is 14.4 Å². The van der Waals surface area contributed by atoms with Gasteiger partial charge in [0.1, 0.15) is 17.5 Å². The minimum absolute atomic E-state index is 0.0181. The molecule has 1 aromatic carbocycles. The minimum Gasteiger partial charge on any atom is -0.359 e. The van der Waals surface area contributed by atoms with Crippen LogP contribution in [0.25, 0.3) is 0 Å². The van der Waals surface area contributed by atoms with Crippen LogP contribution in [0.5, 0.6) is 0 Å². The van der Waals surface area contributed by atoms with Crippen LogP contribution in [0.3, 0.4) is 0 Å². The van der Waals surface area contributed by atoms with E-state index in [1.165, 1.54) is 0 Å². The molecule has 1 amide bonds. The van der Waals surface area contributed by atoms with E-state index < -0.39 is 5.92 Å². The summed E-state index contributed by atoms with van der Waals surface area (Å²) in [7, 11) is 1.66. The van der Waals surface area contributed by atoms with Gasteiger partial charge in [0.15, 0.2) is 0 Å². The summed E-state index contributed by atoms with van der Waals surface area (Å²) in [4.78, 5) is 37.9. The highest BCUT2D eigenvalue weighted by molar-refractivity contribution is 9.10. The van der Waals surface area contributed by atoms with E-state index in [2.05, 4.69) is 21.2 Å². The molecule has 2 aliphatic carbocycles. The van der Waals surface area contributed by atoms with Crippen LogP contribution in [0.4, 0.5) is 0 Å². The Morgan fingerprint density at radius 1 is 1.08 bits per heavy atom. The van der Waals surface area contributed by atoms with Gasteiger partial charge >= 0.3 is 0 Å². The number of aryl methyl sites for hydroxylation is 2. The van der Waals surface area contributed by atoms with Crippen LogP contribution in [0.15, 0.2) is 16.6 Å². The first-order valence-corrected chi connectivity index (χ1v) is 10.1. The van der Waals surface area contributed by atoms with E-state index in [4.69, 9.17) is 0 Å². The predicted molar refractivity (Wildman–Crippen MR) is 104 cm³/mol. The average Bonchev–Trinajstić information content (AvgIpc) is 2.56. The highest BCUT2D eigenvalue weighted by Crippen LogP contribution is 2.50. The van der Waals surface area contributed by atoms with Crippen molar-refractivity contribution >= 4 is 33.4 Å². The van der Waals surface area contributed by atoms with Crippen LogP contribution >= 0.6 is 15.9 Å². The largest absolute Gasteiger partial charge is 0.359 e. The third-order valence-corrected chi connectivity index (χ3v) is 6.71. The lowest BCUT2D eigenvalue weighted by atomic mass is 9.59. The first-order chi connectivity index (χ1) is 12.3. The molecule has 0 saturated heterocycles. The minimum atomic E-state index is -0.620. The predicted octanol–water partition coefficient (Wildman–Crippen LogP) is 4.00. The number of carbonyl (C=O) groups excluding carboxylic acids is 3. The second kappa shape index (κ2) is 7.26. The summed E-state index contributed by atoms with van der Waals surface area (Å²) in [6.07, 6.45) is 4.02. The van der Waals surface area contributed by atoms with Crippen molar-refractivity contribution < 1.29 is 14.4 Å². The second-order valence-corrected chi connectivity index (χ2v) is 8.98. The van der Waals surface area contributed by atoms with Crippen LogP contribution in [-0.4, -0.2) is 24.5 Å². The molecule has 1 N–H and O–H groups in total. The molecule has 0 aliphatic heterocycles. The summed E-state index contributed by atoms with van der Waals surface area (Å²) >= 11 is 3.48. The van der Waals surface area contributed by atoms with E-state index in [0.29, 0.717) is 12.8 Å². The van der Waals surface area contributed by atoms with Gasteiger partial charge in [0.25, 0.3) is 0 Å². The number of benzene rings is 1. The summed E-state index contributed by atoms with van der Waals surface area (Å²) in [5, 5.41) is 2.71. The van der Waals surface area contributed by atoms with Crippen LogP contribution < -0.4 is 5.32 Å². The van der Waals surface area contributed by atoms with Crippen molar-refractivity contribution in [2.75, 3.05) is 7.05 Å². The van der Waals surface area contributed by atoms with E-state index >= 15 is 0 Å². The first-order valence-electron chi connectivity index (χ1n) is 9.30. The molecule has 1 spiro atoms. The number of hydrogen-bond acceptors (Lipinski definition) is 3. The summed E-state index contributed by atoms with van der Waals surface area (Å²) < 4.78 is 0.968.